The number of nitrogens with zero attached hydrogens (tertiary/aromatic N) is 2. The summed E-state index contributed by atoms with van der Waals surface area (Å²) >= 11 is 1.04. The van der Waals surface area contributed by atoms with Crippen LogP contribution in [0.2, 0.25) is 0 Å². The van der Waals surface area contributed by atoms with E-state index in [9.17, 15) is 13.2 Å². The highest BCUT2D eigenvalue weighted by molar-refractivity contribution is 8.19. The van der Waals surface area contributed by atoms with Gasteiger partial charge in [-0.15, -0.1) is 11.0 Å². The van der Waals surface area contributed by atoms with E-state index >= 15 is 0 Å². The monoisotopic (exact) mass is 384 g/mol. The van der Waals surface area contributed by atoms with Gasteiger partial charge in [-0.2, -0.15) is 8.42 Å². The van der Waals surface area contributed by atoms with Gasteiger partial charge < -0.3 is 0 Å². The molecule has 3 rings (SSSR count). The van der Waals surface area contributed by atoms with Crippen molar-refractivity contribution in [3.63, 3.8) is 0 Å². The quantitative estimate of drug-likeness (QED) is 0.584. The van der Waals surface area contributed by atoms with Gasteiger partial charge in [0.25, 0.3) is 15.9 Å². The van der Waals surface area contributed by atoms with Crippen molar-refractivity contribution in [1.82, 2.24) is 4.90 Å². The van der Waals surface area contributed by atoms with Gasteiger partial charge in [0.2, 0.25) is 0 Å². The molecule has 1 amide bonds. The Morgan fingerprint density at radius 1 is 1.04 bits per heavy atom. The normalized spacial score (nSPS) is 17.8. The van der Waals surface area contributed by atoms with E-state index < -0.39 is 10.0 Å². The summed E-state index contributed by atoms with van der Waals surface area (Å²) in [6, 6.07) is 17.3. The van der Waals surface area contributed by atoms with Crippen molar-refractivity contribution < 1.29 is 13.2 Å². The number of benzene rings is 2. The molecule has 1 fully saturated rings. The molecule has 0 unspecified atom stereocenters. The molecular weight excluding hydrogens is 368 g/mol. The molecule has 0 spiro atoms. The average Bonchev–Trinajstić information content (AvgIpc) is 2.92. The average molecular weight is 384 g/mol. The lowest BCUT2D eigenvalue weighted by Crippen LogP contribution is -2.29. The molecule has 0 saturated carbocycles. The Morgan fingerprint density at radius 2 is 1.65 bits per heavy atom. The van der Waals surface area contributed by atoms with Crippen LogP contribution in [0.3, 0.4) is 0 Å². The fraction of sp³-hybridized carbons (Fsp3) is 0.0526. The second-order valence-electron chi connectivity index (χ2n) is 5.39. The first-order chi connectivity index (χ1) is 12.5. The summed E-state index contributed by atoms with van der Waals surface area (Å²) in [6.45, 7) is 3.81. The molecule has 1 heterocycles. The van der Waals surface area contributed by atoms with Gasteiger partial charge >= 0.3 is 0 Å². The highest BCUT2D eigenvalue weighted by Gasteiger charge is 2.34. The second kappa shape index (κ2) is 7.72. The topological polar surface area (TPSA) is 66.8 Å². The maximum absolute atomic E-state index is 12.6. The SMILES string of the molecule is C=CCN1C(=O)/C(=C/c2ccccc2)S/C1=N\S(=O)(=O)c1ccccc1. The number of thioether (sulfide) groups is 1. The Labute approximate surface area is 156 Å². The van der Waals surface area contributed by atoms with Crippen molar-refractivity contribution in [2.75, 3.05) is 6.54 Å². The first-order valence-electron chi connectivity index (χ1n) is 7.78. The number of rotatable bonds is 5. The van der Waals surface area contributed by atoms with Crippen LogP contribution in [0.4, 0.5) is 0 Å². The van der Waals surface area contributed by atoms with Gasteiger partial charge in [0.05, 0.1) is 9.80 Å². The molecule has 1 saturated heterocycles. The van der Waals surface area contributed by atoms with E-state index in [0.717, 1.165) is 17.3 Å². The standard InChI is InChI=1S/C19H16N2O3S2/c1-2-13-21-18(22)17(14-15-9-5-3-6-10-15)25-19(21)20-26(23,24)16-11-7-4-8-12-16/h2-12,14H,1,13H2/b17-14-,20-19-. The van der Waals surface area contributed by atoms with Gasteiger partial charge in [-0.05, 0) is 35.5 Å². The lowest BCUT2D eigenvalue weighted by atomic mass is 10.2. The van der Waals surface area contributed by atoms with Gasteiger partial charge in [-0.3, -0.25) is 9.69 Å². The van der Waals surface area contributed by atoms with Crippen LogP contribution in [0.1, 0.15) is 5.56 Å². The van der Waals surface area contributed by atoms with Crippen molar-refractivity contribution in [3.05, 3.63) is 83.8 Å². The van der Waals surface area contributed by atoms with Crippen LogP contribution in [0.25, 0.3) is 6.08 Å². The zero-order chi connectivity index (χ0) is 18.6. The lowest BCUT2D eigenvalue weighted by Gasteiger charge is -2.12. The summed E-state index contributed by atoms with van der Waals surface area (Å²) in [6.07, 6.45) is 3.26. The minimum Gasteiger partial charge on any atom is -0.282 e. The van der Waals surface area contributed by atoms with Gasteiger partial charge in [-0.25, -0.2) is 0 Å². The molecule has 2 aromatic carbocycles. The summed E-state index contributed by atoms with van der Waals surface area (Å²) in [7, 11) is -3.90. The summed E-state index contributed by atoms with van der Waals surface area (Å²) in [4.78, 5) is 14.5. The van der Waals surface area contributed by atoms with Gasteiger partial charge in [0.1, 0.15) is 0 Å². The fourth-order valence-corrected chi connectivity index (χ4v) is 4.53. The summed E-state index contributed by atoms with van der Waals surface area (Å²) < 4.78 is 28.9. The van der Waals surface area contributed by atoms with Crippen LogP contribution in [0, 0.1) is 0 Å². The minimum atomic E-state index is -3.90. The first kappa shape index (κ1) is 18.2. The van der Waals surface area contributed by atoms with E-state index in [-0.39, 0.29) is 22.5 Å². The molecule has 0 N–H and O–H groups in total. The van der Waals surface area contributed by atoms with Crippen molar-refractivity contribution in [2.24, 2.45) is 4.40 Å². The van der Waals surface area contributed by atoms with Crippen LogP contribution < -0.4 is 0 Å². The number of hydrogen-bond donors (Lipinski definition) is 0. The molecule has 0 aromatic heterocycles. The summed E-state index contributed by atoms with van der Waals surface area (Å²) in [5, 5.41) is 0.126. The van der Waals surface area contributed by atoms with Gasteiger partial charge in [-0.1, -0.05) is 54.6 Å². The molecule has 2 aromatic rings. The molecule has 0 radical (unpaired) electrons. The van der Waals surface area contributed by atoms with E-state index in [4.69, 9.17) is 0 Å². The lowest BCUT2D eigenvalue weighted by molar-refractivity contribution is -0.121. The Hall–Kier alpha value is -2.64. The highest BCUT2D eigenvalue weighted by atomic mass is 32.2. The molecular formula is C19H16N2O3S2. The third-order valence-corrected chi connectivity index (χ3v) is 5.94. The van der Waals surface area contributed by atoms with Crippen LogP contribution >= 0.6 is 11.8 Å². The van der Waals surface area contributed by atoms with Crippen LogP contribution in [-0.4, -0.2) is 30.9 Å². The molecule has 0 aliphatic carbocycles. The zero-order valence-electron chi connectivity index (χ0n) is 13.8. The largest absolute Gasteiger partial charge is 0.284 e. The van der Waals surface area contributed by atoms with E-state index in [2.05, 4.69) is 11.0 Å². The predicted molar refractivity (Wildman–Crippen MR) is 105 cm³/mol. The van der Waals surface area contributed by atoms with Crippen molar-refractivity contribution >= 4 is 38.9 Å². The maximum Gasteiger partial charge on any atom is 0.284 e. The number of carbonyl (C=O) groups is 1. The number of amides is 1. The molecule has 0 bridgehead atoms. The Morgan fingerprint density at radius 3 is 2.27 bits per heavy atom. The van der Waals surface area contributed by atoms with Gasteiger partial charge in [0.15, 0.2) is 5.17 Å². The van der Waals surface area contributed by atoms with Crippen molar-refractivity contribution in [3.8, 4) is 0 Å². The van der Waals surface area contributed by atoms with E-state index in [1.54, 1.807) is 24.3 Å². The predicted octanol–water partition coefficient (Wildman–Crippen LogP) is 3.53. The number of amidine groups is 1. The molecule has 7 heteroatoms. The second-order valence-corrected chi connectivity index (χ2v) is 8.00. The van der Waals surface area contributed by atoms with Gasteiger partial charge in [0, 0.05) is 6.54 Å². The zero-order valence-corrected chi connectivity index (χ0v) is 15.4. The van der Waals surface area contributed by atoms with Crippen molar-refractivity contribution in [1.29, 1.82) is 0 Å². The first-order valence-corrected chi connectivity index (χ1v) is 10.0. The maximum atomic E-state index is 12.6. The molecule has 132 valence electrons. The molecule has 1 aliphatic rings. The van der Waals surface area contributed by atoms with Crippen LogP contribution in [0.5, 0.6) is 0 Å². The smallest absolute Gasteiger partial charge is 0.282 e. The highest BCUT2D eigenvalue weighted by Crippen LogP contribution is 2.33. The van der Waals surface area contributed by atoms with E-state index in [1.165, 1.54) is 23.1 Å². The number of carbonyl (C=O) groups excluding carboxylic acids is 1. The van der Waals surface area contributed by atoms with E-state index in [0.29, 0.717) is 4.91 Å². The molecule has 0 atom stereocenters. The third kappa shape index (κ3) is 3.95. The van der Waals surface area contributed by atoms with Crippen LogP contribution in [0.15, 0.2) is 87.5 Å². The summed E-state index contributed by atoms with van der Waals surface area (Å²) in [5.41, 5.74) is 0.856. The van der Waals surface area contributed by atoms with Crippen LogP contribution in [-0.2, 0) is 14.8 Å². The molecule has 1 aliphatic heterocycles. The number of hydrogen-bond acceptors (Lipinski definition) is 4. The molecule has 26 heavy (non-hydrogen) atoms. The Bertz CT molecular complexity index is 982. The Balaban J connectivity index is 1.99. The minimum absolute atomic E-state index is 0.0830. The number of sulfonamides is 1. The Kier molecular flexibility index (Phi) is 5.39. The third-order valence-electron chi connectivity index (χ3n) is 3.54. The molecule has 5 nitrogen and oxygen atoms in total. The summed E-state index contributed by atoms with van der Waals surface area (Å²) in [5.74, 6) is -0.291. The van der Waals surface area contributed by atoms with E-state index in [1.807, 2.05) is 30.3 Å². The van der Waals surface area contributed by atoms with Crippen molar-refractivity contribution in [2.45, 2.75) is 4.90 Å². The fourth-order valence-electron chi connectivity index (χ4n) is 2.31.